The maximum atomic E-state index is 12.9. The molecular weight excluding hydrogens is 374 g/mol. The van der Waals surface area contributed by atoms with Crippen LogP contribution in [0.15, 0.2) is 97.1 Å². The predicted octanol–water partition coefficient (Wildman–Crippen LogP) is 5.51. The van der Waals surface area contributed by atoms with Crippen molar-refractivity contribution in [2.75, 3.05) is 0 Å². The minimum absolute atomic E-state index is 0.0401. The minimum atomic E-state index is -0.561. The highest BCUT2D eigenvalue weighted by Crippen LogP contribution is 2.15. The normalized spacial score (nSPS) is 12.8. The fourth-order valence-corrected chi connectivity index (χ4v) is 3.05. The second-order valence-electron chi connectivity index (χ2n) is 7.02. The predicted molar refractivity (Wildman–Crippen MR) is 119 cm³/mol. The van der Waals surface area contributed by atoms with E-state index in [-0.39, 0.29) is 12.4 Å². The number of amides is 1. The Kier molecular flexibility index (Phi) is 7.56. The van der Waals surface area contributed by atoms with E-state index in [1.807, 2.05) is 97.9 Å². The minimum Gasteiger partial charge on any atom is -0.445 e. The van der Waals surface area contributed by atoms with Crippen molar-refractivity contribution in [1.82, 2.24) is 5.32 Å². The highest BCUT2D eigenvalue weighted by atomic mass is 16.5. The smallest absolute Gasteiger partial charge is 0.407 e. The summed E-state index contributed by atoms with van der Waals surface area (Å²) in [5, 5.41) is 2.84. The highest BCUT2D eigenvalue weighted by Gasteiger charge is 2.25. The van der Waals surface area contributed by atoms with Crippen LogP contribution in [0.2, 0.25) is 0 Å². The zero-order valence-electron chi connectivity index (χ0n) is 16.9. The molecule has 3 aromatic carbocycles. The summed E-state index contributed by atoms with van der Waals surface area (Å²) >= 11 is 0. The zero-order chi connectivity index (χ0) is 21.2. The Morgan fingerprint density at radius 2 is 1.43 bits per heavy atom. The molecule has 0 aromatic heterocycles. The first kappa shape index (κ1) is 21.1. The summed E-state index contributed by atoms with van der Waals surface area (Å²) in [5.41, 5.74) is 2.50. The Balaban J connectivity index is 1.72. The van der Waals surface area contributed by atoms with E-state index >= 15 is 0 Å². The highest BCUT2D eigenvalue weighted by molar-refractivity contribution is 5.98. The van der Waals surface area contributed by atoms with Crippen LogP contribution in [0.5, 0.6) is 0 Å². The molecule has 0 saturated carbocycles. The first-order chi connectivity index (χ1) is 14.6. The summed E-state index contributed by atoms with van der Waals surface area (Å²) in [4.78, 5) is 25.4. The molecule has 4 heteroatoms. The lowest BCUT2D eigenvalue weighted by molar-refractivity contribution is 0.0907. The number of ether oxygens (including phenoxy) is 1. The molecule has 152 valence electrons. The van der Waals surface area contributed by atoms with E-state index in [0.29, 0.717) is 5.56 Å². The summed E-state index contributed by atoms with van der Waals surface area (Å²) in [7, 11) is 0. The van der Waals surface area contributed by atoms with E-state index in [2.05, 4.69) is 5.32 Å². The number of ketones is 1. The van der Waals surface area contributed by atoms with E-state index in [1.165, 1.54) is 0 Å². The molecular formula is C26H25NO3. The van der Waals surface area contributed by atoms with Crippen LogP contribution in [0, 0.1) is 5.92 Å². The van der Waals surface area contributed by atoms with Crippen LogP contribution in [0.4, 0.5) is 4.79 Å². The van der Waals surface area contributed by atoms with E-state index in [9.17, 15) is 9.59 Å². The van der Waals surface area contributed by atoms with Crippen molar-refractivity contribution < 1.29 is 14.3 Å². The van der Waals surface area contributed by atoms with Gasteiger partial charge in [-0.3, -0.25) is 4.79 Å². The Bertz CT molecular complexity index is 969. The van der Waals surface area contributed by atoms with E-state index < -0.39 is 18.1 Å². The van der Waals surface area contributed by atoms with Crippen LogP contribution >= 0.6 is 0 Å². The fourth-order valence-electron chi connectivity index (χ4n) is 3.05. The van der Waals surface area contributed by atoms with Crippen LogP contribution in [-0.4, -0.2) is 17.9 Å². The van der Waals surface area contributed by atoms with Gasteiger partial charge in [0.2, 0.25) is 0 Å². The Labute approximate surface area is 177 Å². The first-order valence-electron chi connectivity index (χ1n) is 9.93. The molecule has 0 aliphatic rings. The van der Waals surface area contributed by atoms with Gasteiger partial charge in [-0.15, -0.1) is 0 Å². The lowest BCUT2D eigenvalue weighted by Crippen LogP contribution is -2.41. The molecule has 3 aromatic rings. The van der Waals surface area contributed by atoms with Gasteiger partial charge < -0.3 is 10.1 Å². The van der Waals surface area contributed by atoms with Gasteiger partial charge in [0.1, 0.15) is 6.61 Å². The zero-order valence-corrected chi connectivity index (χ0v) is 16.9. The third kappa shape index (κ3) is 6.17. The Morgan fingerprint density at radius 1 is 0.867 bits per heavy atom. The van der Waals surface area contributed by atoms with Crippen molar-refractivity contribution in [2.45, 2.75) is 19.6 Å². The van der Waals surface area contributed by atoms with Gasteiger partial charge in [0.05, 0.1) is 6.04 Å². The summed E-state index contributed by atoms with van der Waals surface area (Å²) < 4.78 is 5.35. The van der Waals surface area contributed by atoms with Gasteiger partial charge in [0.25, 0.3) is 0 Å². The first-order valence-corrected chi connectivity index (χ1v) is 9.93. The molecule has 0 bridgehead atoms. The van der Waals surface area contributed by atoms with E-state index in [4.69, 9.17) is 4.74 Å². The van der Waals surface area contributed by atoms with Gasteiger partial charge in [-0.2, -0.15) is 0 Å². The van der Waals surface area contributed by atoms with Gasteiger partial charge in [0.15, 0.2) is 5.78 Å². The number of alkyl carbamates (subject to hydrolysis) is 1. The van der Waals surface area contributed by atoms with Crippen LogP contribution in [-0.2, 0) is 11.3 Å². The molecule has 0 saturated heterocycles. The third-order valence-corrected chi connectivity index (χ3v) is 4.80. The van der Waals surface area contributed by atoms with Gasteiger partial charge in [-0.25, -0.2) is 4.79 Å². The topological polar surface area (TPSA) is 55.4 Å². The molecule has 0 radical (unpaired) electrons. The van der Waals surface area contributed by atoms with E-state index in [1.54, 1.807) is 12.1 Å². The molecule has 0 aliphatic heterocycles. The molecule has 0 unspecified atom stereocenters. The molecule has 2 atom stereocenters. The molecule has 1 amide bonds. The van der Waals surface area contributed by atoms with Crippen molar-refractivity contribution in [3.05, 3.63) is 114 Å². The van der Waals surface area contributed by atoms with Gasteiger partial charge in [-0.1, -0.05) is 110 Å². The van der Waals surface area contributed by atoms with Crippen molar-refractivity contribution in [1.29, 1.82) is 0 Å². The number of hydrogen-bond donors (Lipinski definition) is 1. The second kappa shape index (κ2) is 10.8. The summed E-state index contributed by atoms with van der Waals surface area (Å²) in [6.07, 6.45) is 3.18. The fraction of sp³-hybridized carbons (Fsp3) is 0.154. The SMILES string of the molecule is C[C@H](C(=O)c1ccccc1)[C@H](/C=C\c1ccccc1)NC(=O)OCc1ccccc1. The average molecular weight is 399 g/mol. The molecule has 0 spiro atoms. The molecule has 1 N–H and O–H groups in total. The van der Waals surface area contributed by atoms with Crippen LogP contribution in [0.3, 0.4) is 0 Å². The van der Waals surface area contributed by atoms with Crippen molar-refractivity contribution in [2.24, 2.45) is 5.92 Å². The quantitative estimate of drug-likeness (QED) is 0.508. The summed E-state index contributed by atoms with van der Waals surface area (Å²) in [5.74, 6) is -0.502. The number of benzene rings is 3. The van der Waals surface area contributed by atoms with Gasteiger partial charge >= 0.3 is 6.09 Å². The lowest BCUT2D eigenvalue weighted by Gasteiger charge is -2.21. The lowest BCUT2D eigenvalue weighted by atomic mass is 9.92. The largest absolute Gasteiger partial charge is 0.445 e. The number of Topliss-reactive ketones (excluding diaryl/α,β-unsaturated/α-hetero) is 1. The van der Waals surface area contributed by atoms with Crippen molar-refractivity contribution in [3.8, 4) is 0 Å². The van der Waals surface area contributed by atoms with Crippen molar-refractivity contribution >= 4 is 18.0 Å². The Hall–Kier alpha value is -3.66. The third-order valence-electron chi connectivity index (χ3n) is 4.80. The standard InChI is InChI=1S/C26H25NO3/c1-20(25(28)23-15-9-4-10-16-23)24(18-17-21-11-5-2-6-12-21)27-26(29)30-19-22-13-7-3-8-14-22/h2-18,20,24H,19H2,1H3,(H,27,29)/b18-17-/t20-,24-/m0/s1. The van der Waals surface area contributed by atoms with Crippen LogP contribution in [0.1, 0.15) is 28.4 Å². The van der Waals surface area contributed by atoms with Crippen molar-refractivity contribution in [3.63, 3.8) is 0 Å². The van der Waals surface area contributed by atoms with Crippen LogP contribution < -0.4 is 5.32 Å². The molecule has 30 heavy (non-hydrogen) atoms. The number of rotatable bonds is 8. The molecule has 4 nitrogen and oxygen atoms in total. The number of hydrogen-bond acceptors (Lipinski definition) is 3. The molecule has 0 fully saturated rings. The average Bonchev–Trinajstić information content (AvgIpc) is 2.81. The molecule has 0 aliphatic carbocycles. The second-order valence-corrected chi connectivity index (χ2v) is 7.02. The maximum absolute atomic E-state index is 12.9. The number of carbonyl (C=O) groups excluding carboxylic acids is 2. The monoisotopic (exact) mass is 399 g/mol. The Morgan fingerprint density at radius 3 is 2.07 bits per heavy atom. The molecule has 0 heterocycles. The maximum Gasteiger partial charge on any atom is 0.407 e. The number of carbonyl (C=O) groups is 2. The molecule has 3 rings (SSSR count). The van der Waals surface area contributed by atoms with Gasteiger partial charge in [-0.05, 0) is 11.1 Å². The summed E-state index contributed by atoms with van der Waals surface area (Å²) in [6.45, 7) is 1.98. The summed E-state index contributed by atoms with van der Waals surface area (Å²) in [6, 6.07) is 27.8. The number of nitrogens with one attached hydrogen (secondary N) is 1. The van der Waals surface area contributed by atoms with Crippen LogP contribution in [0.25, 0.3) is 6.08 Å². The van der Waals surface area contributed by atoms with E-state index in [0.717, 1.165) is 11.1 Å². The van der Waals surface area contributed by atoms with Gasteiger partial charge in [0, 0.05) is 11.5 Å².